The fourth-order valence-corrected chi connectivity index (χ4v) is 3.04. The van der Waals surface area contributed by atoms with E-state index in [-0.39, 0.29) is 17.9 Å². The molecule has 2 aromatic carbocycles. The molecule has 0 saturated heterocycles. The first kappa shape index (κ1) is 20.4. The van der Waals surface area contributed by atoms with Gasteiger partial charge >= 0.3 is 0 Å². The van der Waals surface area contributed by atoms with Gasteiger partial charge in [0.2, 0.25) is 11.3 Å². The highest BCUT2D eigenvalue weighted by molar-refractivity contribution is 5.87. The third kappa shape index (κ3) is 5.57. The molecule has 0 saturated carbocycles. The molecule has 150 valence electrons. The molecule has 3 aromatic rings. The Morgan fingerprint density at radius 3 is 2.10 bits per heavy atom. The van der Waals surface area contributed by atoms with Crippen LogP contribution in [0.1, 0.15) is 36.6 Å². The van der Waals surface area contributed by atoms with E-state index < -0.39 is 5.92 Å². The Balaban J connectivity index is 1.72. The molecule has 0 spiro atoms. The Bertz CT molecular complexity index is 942. The number of benzene rings is 2. The number of amides is 1. The number of H-pyrrole nitrogens is 1. The molecule has 0 aliphatic carbocycles. The number of pyridine rings is 1. The van der Waals surface area contributed by atoms with Crippen LogP contribution in [0.3, 0.4) is 0 Å². The van der Waals surface area contributed by atoms with Crippen molar-refractivity contribution in [1.82, 2.24) is 10.3 Å². The highest BCUT2D eigenvalue weighted by Crippen LogP contribution is 2.24. The largest absolute Gasteiger partial charge is 0.488 e. The summed E-state index contributed by atoms with van der Waals surface area (Å²) in [7, 11) is 0. The number of rotatable bonds is 8. The van der Waals surface area contributed by atoms with Crippen LogP contribution in [0.15, 0.2) is 77.7 Å². The van der Waals surface area contributed by atoms with Crippen LogP contribution in [0.5, 0.6) is 5.75 Å². The zero-order chi connectivity index (χ0) is 20.6. The first-order valence-electron chi connectivity index (χ1n) is 9.76. The molecule has 0 aliphatic rings. The van der Waals surface area contributed by atoms with E-state index in [2.05, 4.69) is 10.3 Å². The number of aromatic amines is 1. The van der Waals surface area contributed by atoms with Gasteiger partial charge in [-0.25, -0.2) is 0 Å². The molecule has 1 amide bonds. The summed E-state index contributed by atoms with van der Waals surface area (Å²) < 4.78 is 5.50. The highest BCUT2D eigenvalue weighted by atomic mass is 16.5. The predicted octanol–water partition coefficient (Wildman–Crippen LogP) is 3.86. The van der Waals surface area contributed by atoms with Crippen molar-refractivity contribution in [1.29, 1.82) is 0 Å². The van der Waals surface area contributed by atoms with E-state index in [9.17, 15) is 9.59 Å². The first-order chi connectivity index (χ1) is 14.0. The quantitative estimate of drug-likeness (QED) is 0.614. The average molecular weight is 390 g/mol. The van der Waals surface area contributed by atoms with Gasteiger partial charge in [0.25, 0.3) is 0 Å². The maximum absolute atomic E-state index is 13.0. The van der Waals surface area contributed by atoms with Crippen LogP contribution >= 0.6 is 0 Å². The third-order valence-corrected chi connectivity index (χ3v) is 4.49. The maximum Gasteiger partial charge on any atom is 0.232 e. The highest BCUT2D eigenvalue weighted by Gasteiger charge is 2.22. The summed E-state index contributed by atoms with van der Waals surface area (Å²) in [6, 6.07) is 20.8. The lowest BCUT2D eigenvalue weighted by molar-refractivity contribution is -0.121. The molecule has 0 aliphatic heterocycles. The maximum atomic E-state index is 13.0. The molecule has 0 atom stereocenters. The molecular formula is C24H26N2O3. The van der Waals surface area contributed by atoms with E-state index in [4.69, 9.17) is 4.74 Å². The van der Waals surface area contributed by atoms with Crippen LogP contribution < -0.4 is 15.5 Å². The molecule has 0 fully saturated rings. The molecule has 0 bridgehead atoms. The standard InChI is InChI=1S/C24H26N2O3/c1-17(2)16-29-22-15-25-20(13-21(22)27)14-26-24(28)23(18-9-5-3-6-10-18)19-11-7-4-8-12-19/h3-13,15,17,23H,14,16H2,1-2H3,(H,25,27)(H,26,28). The zero-order valence-corrected chi connectivity index (χ0v) is 16.7. The summed E-state index contributed by atoms with van der Waals surface area (Å²) in [5.41, 5.74) is 2.26. The van der Waals surface area contributed by atoms with Crippen molar-refractivity contribution in [3.05, 3.63) is 100.0 Å². The van der Waals surface area contributed by atoms with Gasteiger partial charge in [-0.05, 0) is 17.0 Å². The van der Waals surface area contributed by atoms with Gasteiger partial charge in [-0.15, -0.1) is 0 Å². The van der Waals surface area contributed by atoms with Crippen molar-refractivity contribution in [2.75, 3.05) is 6.61 Å². The Morgan fingerprint density at radius 2 is 1.59 bits per heavy atom. The summed E-state index contributed by atoms with van der Waals surface area (Å²) in [5.74, 6) is 0.0858. The summed E-state index contributed by atoms with van der Waals surface area (Å²) in [4.78, 5) is 28.3. The number of carbonyl (C=O) groups is 1. The lowest BCUT2D eigenvalue weighted by atomic mass is 9.90. The molecule has 0 unspecified atom stereocenters. The van der Waals surface area contributed by atoms with Crippen molar-refractivity contribution in [2.24, 2.45) is 5.92 Å². The second-order valence-corrected chi connectivity index (χ2v) is 7.36. The Morgan fingerprint density at radius 1 is 1.00 bits per heavy atom. The van der Waals surface area contributed by atoms with Gasteiger partial charge in [-0.1, -0.05) is 74.5 Å². The number of hydrogen-bond acceptors (Lipinski definition) is 3. The lowest BCUT2D eigenvalue weighted by Gasteiger charge is -2.18. The predicted molar refractivity (Wildman–Crippen MR) is 114 cm³/mol. The minimum absolute atomic E-state index is 0.122. The van der Waals surface area contributed by atoms with Crippen LogP contribution in [-0.4, -0.2) is 17.5 Å². The molecule has 2 N–H and O–H groups in total. The van der Waals surface area contributed by atoms with Gasteiger partial charge in [-0.2, -0.15) is 0 Å². The smallest absolute Gasteiger partial charge is 0.232 e. The van der Waals surface area contributed by atoms with E-state index in [0.29, 0.717) is 24.0 Å². The number of hydrogen-bond donors (Lipinski definition) is 2. The summed E-state index contributed by atoms with van der Waals surface area (Å²) in [6.45, 7) is 4.76. The van der Waals surface area contributed by atoms with Gasteiger partial charge in [0.05, 0.1) is 19.1 Å². The van der Waals surface area contributed by atoms with E-state index >= 15 is 0 Å². The van der Waals surface area contributed by atoms with Gasteiger partial charge in [0.15, 0.2) is 5.75 Å². The van der Waals surface area contributed by atoms with Crippen molar-refractivity contribution in [3.63, 3.8) is 0 Å². The van der Waals surface area contributed by atoms with E-state index in [1.807, 2.05) is 74.5 Å². The average Bonchev–Trinajstić information content (AvgIpc) is 2.73. The second kappa shape index (κ2) is 9.73. The molecule has 1 aromatic heterocycles. The molecule has 29 heavy (non-hydrogen) atoms. The summed E-state index contributed by atoms with van der Waals surface area (Å²) in [6.07, 6.45) is 1.55. The molecule has 3 rings (SSSR count). The van der Waals surface area contributed by atoms with Crippen molar-refractivity contribution < 1.29 is 9.53 Å². The van der Waals surface area contributed by atoms with E-state index in [1.54, 1.807) is 6.20 Å². The number of aromatic nitrogens is 1. The normalized spacial score (nSPS) is 10.9. The lowest BCUT2D eigenvalue weighted by Crippen LogP contribution is -2.30. The van der Waals surface area contributed by atoms with Gasteiger partial charge in [0, 0.05) is 18.0 Å². The summed E-state index contributed by atoms with van der Waals surface area (Å²) >= 11 is 0. The molecule has 0 radical (unpaired) electrons. The van der Waals surface area contributed by atoms with Crippen molar-refractivity contribution >= 4 is 5.91 Å². The van der Waals surface area contributed by atoms with Crippen LogP contribution in [0, 0.1) is 5.92 Å². The molecule has 5 heteroatoms. The molecular weight excluding hydrogens is 364 g/mol. The molecule has 1 heterocycles. The van der Waals surface area contributed by atoms with Crippen LogP contribution in [0.2, 0.25) is 0 Å². The van der Waals surface area contributed by atoms with Crippen LogP contribution in [0.25, 0.3) is 0 Å². The van der Waals surface area contributed by atoms with Gasteiger partial charge < -0.3 is 15.0 Å². The Kier molecular flexibility index (Phi) is 6.85. The Labute approximate surface area is 170 Å². The van der Waals surface area contributed by atoms with Crippen molar-refractivity contribution in [3.8, 4) is 5.75 Å². The molecule has 5 nitrogen and oxygen atoms in total. The number of carbonyl (C=O) groups excluding carboxylic acids is 1. The third-order valence-electron chi connectivity index (χ3n) is 4.49. The van der Waals surface area contributed by atoms with Gasteiger partial charge in [0.1, 0.15) is 0 Å². The fraction of sp³-hybridized carbons (Fsp3) is 0.250. The second-order valence-electron chi connectivity index (χ2n) is 7.36. The SMILES string of the molecule is CC(C)COc1c[nH]c(CNC(=O)C(c2ccccc2)c2ccccc2)cc1=O. The Hall–Kier alpha value is -3.34. The van der Waals surface area contributed by atoms with E-state index in [0.717, 1.165) is 11.1 Å². The minimum atomic E-state index is -0.419. The zero-order valence-electron chi connectivity index (χ0n) is 16.7. The summed E-state index contributed by atoms with van der Waals surface area (Å²) in [5, 5.41) is 2.94. The monoisotopic (exact) mass is 390 g/mol. The van der Waals surface area contributed by atoms with E-state index in [1.165, 1.54) is 6.07 Å². The van der Waals surface area contributed by atoms with Crippen LogP contribution in [0.4, 0.5) is 0 Å². The first-order valence-corrected chi connectivity index (χ1v) is 9.76. The van der Waals surface area contributed by atoms with Crippen LogP contribution in [-0.2, 0) is 11.3 Å². The topological polar surface area (TPSA) is 71.2 Å². The fourth-order valence-electron chi connectivity index (χ4n) is 3.04. The minimum Gasteiger partial charge on any atom is -0.488 e. The number of nitrogens with one attached hydrogen (secondary N) is 2. The van der Waals surface area contributed by atoms with Gasteiger partial charge in [-0.3, -0.25) is 9.59 Å². The van der Waals surface area contributed by atoms with Crippen molar-refractivity contribution in [2.45, 2.75) is 26.3 Å². The number of ether oxygens (including phenoxy) is 1.